The van der Waals surface area contributed by atoms with E-state index in [1.54, 1.807) is 6.20 Å². The molecule has 10 aromatic rings. The fourth-order valence-corrected chi connectivity index (χ4v) is 8.85. The van der Waals surface area contributed by atoms with Crippen LogP contribution in [0.2, 0.25) is 0 Å². The van der Waals surface area contributed by atoms with Crippen molar-refractivity contribution in [3.63, 3.8) is 0 Å². The van der Waals surface area contributed by atoms with Crippen molar-refractivity contribution in [2.45, 2.75) is 27.7 Å². The van der Waals surface area contributed by atoms with Crippen LogP contribution in [-0.2, 0) is 0 Å². The average Bonchev–Trinajstić information content (AvgIpc) is 3.73. The van der Waals surface area contributed by atoms with E-state index in [-0.39, 0.29) is 0 Å². The van der Waals surface area contributed by atoms with Gasteiger partial charge in [0.1, 0.15) is 11.6 Å². The molecule has 0 N–H and O–H groups in total. The summed E-state index contributed by atoms with van der Waals surface area (Å²) < 4.78 is 4.56. The summed E-state index contributed by atoms with van der Waals surface area (Å²) in [5.74, 6) is 0. The molecule has 0 radical (unpaired) electrons. The molecule has 56 heavy (non-hydrogen) atoms. The molecule has 3 aromatic heterocycles. The molecule has 0 atom stereocenters. The van der Waals surface area contributed by atoms with Crippen molar-refractivity contribution in [1.82, 2.24) is 14.1 Å². The number of rotatable bonds is 5. The Kier molecular flexibility index (Phi) is 7.73. The number of aryl methyl sites for hydroxylation is 4. The van der Waals surface area contributed by atoms with Gasteiger partial charge in [-0.05, 0) is 121 Å². The van der Waals surface area contributed by atoms with Crippen LogP contribution in [0.15, 0.2) is 158 Å². The van der Waals surface area contributed by atoms with E-state index in [0.717, 1.165) is 66.1 Å². The lowest BCUT2D eigenvalue weighted by Crippen LogP contribution is -2.05. The number of para-hydroxylation sites is 2. The third kappa shape index (κ3) is 5.24. The molecule has 0 bridgehead atoms. The predicted octanol–water partition coefficient (Wildman–Crippen LogP) is 13.4. The van der Waals surface area contributed by atoms with E-state index in [9.17, 15) is 5.26 Å². The number of nitriles is 1. The second-order valence-electron chi connectivity index (χ2n) is 15.0. The first-order valence-corrected chi connectivity index (χ1v) is 19.1. The molecule has 0 saturated carbocycles. The van der Waals surface area contributed by atoms with Crippen LogP contribution in [0.1, 0.15) is 27.8 Å². The summed E-state index contributed by atoms with van der Waals surface area (Å²) >= 11 is 0. The van der Waals surface area contributed by atoms with Gasteiger partial charge in [0.15, 0.2) is 0 Å². The molecule has 0 saturated heterocycles. The largest absolute Gasteiger partial charge is 0.308 e. The van der Waals surface area contributed by atoms with Gasteiger partial charge in [0.2, 0.25) is 0 Å². The summed E-state index contributed by atoms with van der Waals surface area (Å²) in [6.07, 6.45) is 3.70. The number of fused-ring (bicyclic) bond motifs is 6. The van der Waals surface area contributed by atoms with Gasteiger partial charge in [-0.25, -0.2) is 0 Å². The lowest BCUT2D eigenvalue weighted by Gasteiger charge is -2.18. The second-order valence-corrected chi connectivity index (χ2v) is 15.0. The third-order valence-corrected chi connectivity index (χ3v) is 11.4. The van der Waals surface area contributed by atoms with Crippen molar-refractivity contribution in [3.8, 4) is 50.8 Å². The highest BCUT2D eigenvalue weighted by Crippen LogP contribution is 2.42. The first-order valence-electron chi connectivity index (χ1n) is 19.1. The van der Waals surface area contributed by atoms with Crippen LogP contribution in [0.25, 0.3) is 88.4 Å². The first kappa shape index (κ1) is 33.4. The summed E-state index contributed by atoms with van der Waals surface area (Å²) in [5.41, 5.74) is 18.2. The van der Waals surface area contributed by atoms with E-state index < -0.39 is 0 Å². The molecule has 0 aliphatic carbocycles. The Balaban J connectivity index is 1.28. The van der Waals surface area contributed by atoms with E-state index in [4.69, 9.17) is 0 Å². The Bertz CT molecular complexity index is 3050. The standard InChI is InChI=1S/C52H38N4/c1-32-15-19-40(34(3)24-32)36-17-21-49-44(26-36)42-11-5-7-13-47(42)55(49)51-28-39(38-10-9-23-54-31-38)29-52(46(51)30-53)56-48-14-8-6-12-43(48)45-27-37(18-22-50(45)56)41-20-16-33(2)25-35(41)4/h5-29,31H,1-4H3. The van der Waals surface area contributed by atoms with Gasteiger partial charge in [-0.2, -0.15) is 5.26 Å². The molecule has 7 aromatic carbocycles. The van der Waals surface area contributed by atoms with E-state index in [0.29, 0.717) is 5.56 Å². The van der Waals surface area contributed by atoms with Crippen molar-refractivity contribution in [1.29, 1.82) is 5.26 Å². The Labute approximate surface area is 326 Å². The van der Waals surface area contributed by atoms with Crippen molar-refractivity contribution in [3.05, 3.63) is 186 Å². The lowest BCUT2D eigenvalue weighted by atomic mass is 9.97. The molecule has 4 nitrogen and oxygen atoms in total. The van der Waals surface area contributed by atoms with E-state index >= 15 is 0 Å². The van der Waals surface area contributed by atoms with Gasteiger partial charge in [0.25, 0.3) is 0 Å². The van der Waals surface area contributed by atoms with Gasteiger partial charge < -0.3 is 9.13 Å². The van der Waals surface area contributed by atoms with Crippen LogP contribution in [0.3, 0.4) is 0 Å². The molecule has 10 rings (SSSR count). The van der Waals surface area contributed by atoms with Gasteiger partial charge in [-0.1, -0.05) is 102 Å². The molecule has 0 fully saturated rings. The van der Waals surface area contributed by atoms with Crippen molar-refractivity contribution in [2.24, 2.45) is 0 Å². The second kappa shape index (κ2) is 13.0. The lowest BCUT2D eigenvalue weighted by molar-refractivity contribution is 1.12. The summed E-state index contributed by atoms with van der Waals surface area (Å²) in [6.45, 7) is 8.63. The van der Waals surface area contributed by atoms with Crippen LogP contribution in [-0.4, -0.2) is 14.1 Å². The summed E-state index contributed by atoms with van der Waals surface area (Å²) in [4.78, 5) is 4.51. The number of benzene rings is 7. The molecule has 0 spiro atoms. The van der Waals surface area contributed by atoms with Gasteiger partial charge >= 0.3 is 0 Å². The van der Waals surface area contributed by atoms with Crippen LogP contribution in [0.4, 0.5) is 0 Å². The normalized spacial score (nSPS) is 11.6. The number of hydrogen-bond donors (Lipinski definition) is 0. The van der Waals surface area contributed by atoms with Crippen LogP contribution < -0.4 is 0 Å². The number of hydrogen-bond acceptors (Lipinski definition) is 2. The minimum absolute atomic E-state index is 0.597. The molecule has 266 valence electrons. The molecule has 3 heterocycles. The number of pyridine rings is 1. The van der Waals surface area contributed by atoms with E-state index in [1.165, 1.54) is 44.5 Å². The van der Waals surface area contributed by atoms with Crippen LogP contribution in [0, 0.1) is 39.0 Å². The van der Waals surface area contributed by atoms with Gasteiger partial charge in [0, 0.05) is 39.5 Å². The summed E-state index contributed by atoms with van der Waals surface area (Å²) in [7, 11) is 0. The van der Waals surface area contributed by atoms with E-state index in [1.807, 2.05) is 12.3 Å². The van der Waals surface area contributed by atoms with Gasteiger partial charge in [0.05, 0.1) is 33.4 Å². The number of aromatic nitrogens is 3. The molecule has 0 aliphatic rings. The average molecular weight is 719 g/mol. The predicted molar refractivity (Wildman–Crippen MR) is 233 cm³/mol. The Morgan fingerprint density at radius 1 is 0.446 bits per heavy atom. The summed E-state index contributed by atoms with van der Waals surface area (Å²) in [5, 5.41) is 15.9. The Hall–Kier alpha value is -7.22. The molecular weight excluding hydrogens is 681 g/mol. The summed E-state index contributed by atoms with van der Waals surface area (Å²) in [6, 6.07) is 55.0. The van der Waals surface area contributed by atoms with Crippen LogP contribution >= 0.6 is 0 Å². The number of nitrogens with zero attached hydrogens (tertiary/aromatic N) is 4. The Morgan fingerprint density at radius 3 is 1.41 bits per heavy atom. The van der Waals surface area contributed by atoms with Gasteiger partial charge in [-0.3, -0.25) is 4.98 Å². The topological polar surface area (TPSA) is 46.5 Å². The van der Waals surface area contributed by atoms with Crippen molar-refractivity contribution < 1.29 is 0 Å². The zero-order valence-corrected chi connectivity index (χ0v) is 31.8. The molecule has 0 amide bonds. The zero-order valence-electron chi connectivity index (χ0n) is 31.8. The molecule has 0 aliphatic heterocycles. The van der Waals surface area contributed by atoms with E-state index in [2.05, 4.69) is 187 Å². The third-order valence-electron chi connectivity index (χ3n) is 11.4. The van der Waals surface area contributed by atoms with Gasteiger partial charge in [-0.15, -0.1) is 0 Å². The molecule has 4 heteroatoms. The highest BCUT2D eigenvalue weighted by Gasteiger charge is 2.23. The maximum atomic E-state index is 11.3. The zero-order chi connectivity index (χ0) is 38.1. The SMILES string of the molecule is Cc1ccc(-c2ccc3c(c2)c2ccccc2n3-c2cc(-c3cccnc3)cc(-n3c4ccccc4c4cc(-c5ccc(C)cc5C)ccc43)c2C#N)c(C)c1. The minimum Gasteiger partial charge on any atom is -0.308 e. The maximum Gasteiger partial charge on any atom is 0.104 e. The highest BCUT2D eigenvalue weighted by molar-refractivity contribution is 6.12. The smallest absolute Gasteiger partial charge is 0.104 e. The minimum atomic E-state index is 0.597. The highest BCUT2D eigenvalue weighted by atomic mass is 15.0. The molecular formula is C52H38N4. The van der Waals surface area contributed by atoms with Crippen molar-refractivity contribution in [2.75, 3.05) is 0 Å². The monoisotopic (exact) mass is 718 g/mol. The Morgan fingerprint density at radius 2 is 0.946 bits per heavy atom. The maximum absolute atomic E-state index is 11.3. The first-order chi connectivity index (χ1) is 27.4. The fraction of sp³-hybridized carbons (Fsp3) is 0.0769. The quantitative estimate of drug-likeness (QED) is 0.178. The van der Waals surface area contributed by atoms with Crippen molar-refractivity contribution >= 4 is 43.6 Å². The fourth-order valence-electron chi connectivity index (χ4n) is 8.85. The molecule has 0 unspecified atom stereocenters. The van der Waals surface area contributed by atoms with Crippen LogP contribution in [0.5, 0.6) is 0 Å².